The van der Waals surface area contributed by atoms with Gasteiger partial charge in [0.2, 0.25) is 0 Å². The Bertz CT molecular complexity index is 1020. The van der Waals surface area contributed by atoms with Crippen molar-refractivity contribution < 1.29 is 35.3 Å². The van der Waals surface area contributed by atoms with Crippen molar-refractivity contribution >= 4 is 16.2 Å². The lowest BCUT2D eigenvalue weighted by molar-refractivity contribution is -0.0500. The highest BCUT2D eigenvalue weighted by Gasteiger charge is 2.58. The molecule has 1 saturated carbocycles. The molecule has 1 aliphatic carbocycles. The van der Waals surface area contributed by atoms with Gasteiger partial charge in [0.15, 0.2) is 0 Å². The molecule has 2 aliphatic rings. The maximum atomic E-state index is 13.4. The van der Waals surface area contributed by atoms with E-state index in [0.29, 0.717) is 24.0 Å². The predicted octanol–water partition coefficient (Wildman–Crippen LogP) is 6.89. The Kier molecular flexibility index (Phi) is 7.68. The van der Waals surface area contributed by atoms with Gasteiger partial charge in [-0.15, -0.1) is 0 Å². The fourth-order valence-corrected chi connectivity index (χ4v) is 5.71. The number of ether oxygens (including phenoxy) is 1. The molecule has 3 rings (SSSR count). The minimum atomic E-state index is -5.82. The smallest absolute Gasteiger partial charge is 0.444 e. The molecule has 0 N–H and O–H groups in total. The molecule has 0 saturated heterocycles. The van der Waals surface area contributed by atoms with Gasteiger partial charge in [-0.1, -0.05) is 33.1 Å². The summed E-state index contributed by atoms with van der Waals surface area (Å²) in [6, 6.07) is 2.63. The molecule has 1 aromatic rings. The summed E-state index contributed by atoms with van der Waals surface area (Å²) in [5.74, 6) is -0.412. The van der Waals surface area contributed by atoms with E-state index in [1.165, 1.54) is 12.1 Å². The third-order valence-corrected chi connectivity index (χ3v) is 7.13. The molecule has 1 aliphatic heterocycles. The number of nitrogens with zero attached hydrogens (tertiary/aromatic N) is 1. The Hall–Kier alpha value is -1.97. The molecule has 1 amide bonds. The van der Waals surface area contributed by atoms with Crippen LogP contribution in [0.4, 0.5) is 18.0 Å². The van der Waals surface area contributed by atoms with Crippen LogP contribution in [-0.2, 0) is 25.9 Å². The topological polar surface area (TPSA) is 72.9 Å². The number of hydrogen-bond acceptors (Lipinski definition) is 5. The summed E-state index contributed by atoms with van der Waals surface area (Å²) >= 11 is 0. The van der Waals surface area contributed by atoms with E-state index in [1.807, 2.05) is 27.7 Å². The van der Waals surface area contributed by atoms with Crippen LogP contribution < -0.4 is 4.18 Å². The largest absolute Gasteiger partial charge is 0.534 e. The summed E-state index contributed by atoms with van der Waals surface area (Å²) in [5, 5.41) is 0. The molecule has 10 heteroatoms. The second kappa shape index (κ2) is 9.24. The van der Waals surface area contributed by atoms with E-state index in [9.17, 15) is 26.4 Å². The molecule has 194 valence electrons. The normalized spacial score (nSPS) is 19.2. The first kappa shape index (κ1) is 28.3. The molecule has 0 atom stereocenters. The molecule has 1 aromatic carbocycles. The van der Waals surface area contributed by atoms with Crippen molar-refractivity contribution in [1.29, 1.82) is 0 Å². The molecule has 1 spiro atoms. The Morgan fingerprint density at radius 1 is 1.03 bits per heavy atom. The molecule has 34 heavy (non-hydrogen) atoms. The molecular formula is C24H36F3NO5S. The van der Waals surface area contributed by atoms with Crippen LogP contribution in [0, 0.1) is 6.92 Å². The van der Waals surface area contributed by atoms with Crippen LogP contribution in [0.2, 0.25) is 0 Å². The summed E-state index contributed by atoms with van der Waals surface area (Å²) in [6.45, 7) is 14.7. The van der Waals surface area contributed by atoms with Gasteiger partial charge in [-0.2, -0.15) is 21.6 Å². The number of carbonyl (C=O) groups is 1. The van der Waals surface area contributed by atoms with Gasteiger partial charge in [-0.25, -0.2) is 4.79 Å². The minimum Gasteiger partial charge on any atom is -0.444 e. The Morgan fingerprint density at radius 2 is 1.56 bits per heavy atom. The van der Waals surface area contributed by atoms with Gasteiger partial charge in [0.05, 0.1) is 11.1 Å². The molecule has 0 aromatic heterocycles. The summed E-state index contributed by atoms with van der Waals surface area (Å²) in [7, 11) is -5.82. The van der Waals surface area contributed by atoms with Gasteiger partial charge in [0.1, 0.15) is 11.4 Å². The molecule has 6 nitrogen and oxygen atoms in total. The maximum Gasteiger partial charge on any atom is 0.534 e. The number of rotatable bonds is 2. The van der Waals surface area contributed by atoms with Gasteiger partial charge in [0.25, 0.3) is 0 Å². The SMILES string of the molecule is CC.Cc1cc(OS(=O)(=O)C(F)(F)F)cc2c1C(C)(C)N(C(=O)OC(C)(C)C)C21CCCCC1. The monoisotopic (exact) mass is 507 g/mol. The van der Waals surface area contributed by atoms with Crippen LogP contribution in [0.25, 0.3) is 0 Å². The van der Waals surface area contributed by atoms with Crippen molar-refractivity contribution in [2.24, 2.45) is 0 Å². The minimum absolute atomic E-state index is 0.412. The molecule has 0 unspecified atom stereocenters. The third kappa shape index (κ3) is 5.02. The highest BCUT2D eigenvalue weighted by molar-refractivity contribution is 7.88. The van der Waals surface area contributed by atoms with Gasteiger partial charge in [-0.3, -0.25) is 4.90 Å². The first-order valence-electron chi connectivity index (χ1n) is 11.6. The van der Waals surface area contributed by atoms with Crippen molar-refractivity contribution in [2.45, 2.75) is 110 Å². The van der Waals surface area contributed by atoms with Crippen molar-refractivity contribution in [3.8, 4) is 5.75 Å². The molecule has 1 fully saturated rings. The molecule has 1 heterocycles. The van der Waals surface area contributed by atoms with Crippen molar-refractivity contribution in [2.75, 3.05) is 0 Å². The Balaban J connectivity index is 0.00000199. The quantitative estimate of drug-likeness (QED) is 0.322. The van der Waals surface area contributed by atoms with Crippen LogP contribution in [0.15, 0.2) is 12.1 Å². The number of alkyl halides is 3. The summed E-state index contributed by atoms with van der Waals surface area (Å²) in [4.78, 5) is 15.1. The lowest BCUT2D eigenvalue weighted by atomic mass is 9.76. The number of fused-ring (bicyclic) bond motifs is 2. The molecule has 0 radical (unpaired) electrons. The average Bonchev–Trinajstić information content (AvgIpc) is 2.85. The van der Waals surface area contributed by atoms with Crippen molar-refractivity contribution in [3.05, 3.63) is 28.8 Å². The molecular weight excluding hydrogens is 471 g/mol. The van der Waals surface area contributed by atoms with E-state index < -0.39 is 44.1 Å². The number of halogens is 3. The van der Waals surface area contributed by atoms with Gasteiger partial charge < -0.3 is 8.92 Å². The van der Waals surface area contributed by atoms with Crippen LogP contribution in [-0.4, -0.2) is 30.5 Å². The highest BCUT2D eigenvalue weighted by Crippen LogP contribution is 2.58. The summed E-state index contributed by atoms with van der Waals surface area (Å²) in [5.41, 5.74) is -5.95. The first-order valence-corrected chi connectivity index (χ1v) is 13.0. The van der Waals surface area contributed by atoms with Gasteiger partial charge in [-0.05, 0) is 83.2 Å². The maximum absolute atomic E-state index is 13.4. The van der Waals surface area contributed by atoms with Crippen molar-refractivity contribution in [3.63, 3.8) is 0 Å². The standard InChI is InChI=1S/C22H30F3NO5S.C2H6/c1-14-12-15(31-32(28,29)22(23,24)25)13-16-17(14)20(5,6)26(18(27)30-19(2,3)4)21(16)10-8-7-9-11-21;1-2/h12-13H,7-11H2,1-6H3;1-2H3. The third-order valence-electron chi connectivity index (χ3n) is 6.16. The van der Waals surface area contributed by atoms with E-state index in [-0.39, 0.29) is 0 Å². The average molecular weight is 508 g/mol. The van der Waals surface area contributed by atoms with E-state index in [1.54, 1.807) is 32.6 Å². The zero-order chi connectivity index (χ0) is 26.3. The van der Waals surface area contributed by atoms with Crippen LogP contribution in [0.3, 0.4) is 0 Å². The summed E-state index contributed by atoms with van der Waals surface area (Å²) < 4.78 is 72.2. The fourth-order valence-electron chi connectivity index (χ4n) is 5.26. The summed E-state index contributed by atoms with van der Waals surface area (Å²) in [6.07, 6.45) is 3.29. The van der Waals surface area contributed by atoms with E-state index in [0.717, 1.165) is 24.8 Å². The zero-order valence-electron chi connectivity index (χ0n) is 21.2. The number of carbonyl (C=O) groups excluding carboxylic acids is 1. The zero-order valence-corrected chi connectivity index (χ0v) is 22.0. The number of amides is 1. The highest BCUT2D eigenvalue weighted by atomic mass is 32.2. The van der Waals surface area contributed by atoms with E-state index in [4.69, 9.17) is 4.74 Å². The lowest BCUT2D eigenvalue weighted by Gasteiger charge is -2.47. The van der Waals surface area contributed by atoms with Crippen LogP contribution in [0.1, 0.15) is 97.3 Å². The van der Waals surface area contributed by atoms with Gasteiger partial charge >= 0.3 is 21.7 Å². The van der Waals surface area contributed by atoms with Gasteiger partial charge in [0, 0.05) is 0 Å². The second-order valence-corrected chi connectivity index (χ2v) is 11.7. The molecule has 0 bridgehead atoms. The number of hydrogen-bond donors (Lipinski definition) is 0. The predicted molar refractivity (Wildman–Crippen MR) is 124 cm³/mol. The van der Waals surface area contributed by atoms with E-state index >= 15 is 0 Å². The number of benzene rings is 1. The van der Waals surface area contributed by atoms with Crippen LogP contribution >= 0.6 is 0 Å². The van der Waals surface area contributed by atoms with Crippen LogP contribution in [0.5, 0.6) is 5.75 Å². The first-order chi connectivity index (χ1) is 15.4. The van der Waals surface area contributed by atoms with Crippen molar-refractivity contribution in [1.82, 2.24) is 4.90 Å². The Labute approximate surface area is 200 Å². The number of aryl methyl sites for hydroxylation is 1. The van der Waals surface area contributed by atoms with E-state index in [2.05, 4.69) is 4.18 Å². The fraction of sp³-hybridized carbons (Fsp3) is 0.708. The Morgan fingerprint density at radius 3 is 2.03 bits per heavy atom. The second-order valence-electron chi connectivity index (χ2n) is 10.1. The lowest BCUT2D eigenvalue weighted by Crippen LogP contribution is -2.54.